The van der Waals surface area contributed by atoms with E-state index in [1.54, 1.807) is 0 Å². The Balaban J connectivity index is 3.63. The van der Waals surface area contributed by atoms with Gasteiger partial charge in [-0.2, -0.15) is 0 Å². The summed E-state index contributed by atoms with van der Waals surface area (Å²) in [6.45, 7) is 3.86. The first-order valence-electron chi connectivity index (χ1n) is 15.2. The van der Waals surface area contributed by atoms with E-state index < -0.39 is 17.9 Å². The van der Waals surface area contributed by atoms with E-state index in [1.165, 1.54) is 51.4 Å². The molecule has 0 bridgehead atoms. The van der Waals surface area contributed by atoms with Crippen LogP contribution in [-0.4, -0.2) is 53.6 Å². The maximum atomic E-state index is 12.3. The summed E-state index contributed by atoms with van der Waals surface area (Å²) >= 11 is 0. The number of hydrogen-bond donors (Lipinski definition) is 3. The summed E-state index contributed by atoms with van der Waals surface area (Å²) in [5, 5.41) is 20.8. The molecule has 0 radical (unpaired) electrons. The van der Waals surface area contributed by atoms with Gasteiger partial charge in [0.2, 0.25) is 5.91 Å². The Labute approximate surface area is 230 Å². The molecule has 38 heavy (non-hydrogen) atoms. The lowest BCUT2D eigenvalue weighted by Crippen LogP contribution is -2.27. The highest BCUT2D eigenvalue weighted by Crippen LogP contribution is 2.17. The highest BCUT2D eigenvalue weighted by molar-refractivity contribution is 5.84. The Morgan fingerprint density at radius 1 is 0.658 bits per heavy atom. The minimum absolute atomic E-state index is 0.00973. The van der Waals surface area contributed by atoms with E-state index in [-0.39, 0.29) is 31.0 Å². The van der Waals surface area contributed by atoms with Crippen LogP contribution in [-0.2, 0) is 23.9 Å². The molecule has 0 saturated heterocycles. The summed E-state index contributed by atoms with van der Waals surface area (Å²) in [5.41, 5.74) is 0. The Hall–Kier alpha value is -1.96. The predicted octanol–water partition coefficient (Wildman–Crippen LogP) is 6.69. The Morgan fingerprint density at radius 3 is 1.63 bits per heavy atom. The zero-order valence-electron chi connectivity index (χ0n) is 24.0. The second-order valence-electron chi connectivity index (χ2n) is 10.5. The lowest BCUT2D eigenvalue weighted by atomic mass is 9.94. The van der Waals surface area contributed by atoms with Gasteiger partial charge in [-0.1, -0.05) is 84.0 Å². The average Bonchev–Trinajstić information content (AvgIpc) is 2.87. The lowest BCUT2D eigenvalue weighted by molar-refractivity contribution is -0.144. The molecular weight excluding hydrogens is 486 g/mol. The van der Waals surface area contributed by atoms with Crippen LogP contribution in [0.5, 0.6) is 0 Å². The summed E-state index contributed by atoms with van der Waals surface area (Å²) in [5.74, 6) is -2.69. The minimum Gasteiger partial charge on any atom is -0.481 e. The molecule has 0 saturated carbocycles. The van der Waals surface area contributed by atoms with Crippen molar-refractivity contribution in [3.8, 4) is 0 Å². The van der Waals surface area contributed by atoms with Crippen LogP contribution in [0.15, 0.2) is 0 Å². The van der Waals surface area contributed by atoms with Crippen molar-refractivity contribution in [2.75, 3.05) is 19.8 Å². The highest BCUT2D eigenvalue weighted by atomic mass is 16.5. The molecule has 0 aliphatic carbocycles. The number of aliphatic carboxylic acids is 2. The predicted molar refractivity (Wildman–Crippen MR) is 150 cm³/mol. The third-order valence-corrected chi connectivity index (χ3v) is 6.78. The van der Waals surface area contributed by atoms with Crippen LogP contribution in [0.4, 0.5) is 0 Å². The van der Waals surface area contributed by atoms with E-state index in [2.05, 4.69) is 5.32 Å². The van der Waals surface area contributed by atoms with Gasteiger partial charge in [0.25, 0.3) is 0 Å². The summed E-state index contributed by atoms with van der Waals surface area (Å²) in [6.07, 6.45) is 18.5. The monoisotopic (exact) mass is 541 g/mol. The molecule has 0 fully saturated rings. The number of carboxylic acids is 2. The Kier molecular flexibility index (Phi) is 25.3. The SMILES string of the molecule is CCCOCCCNC(=O)CC[C@H](CC(=O)CCCCCCCCCCCCCCCCC(=O)O)C(=O)O. The molecule has 1 atom stereocenters. The van der Waals surface area contributed by atoms with Crippen molar-refractivity contribution in [1.29, 1.82) is 0 Å². The zero-order chi connectivity index (χ0) is 28.3. The number of ether oxygens (including phenoxy) is 1. The van der Waals surface area contributed by atoms with Crippen LogP contribution in [0.1, 0.15) is 142 Å². The van der Waals surface area contributed by atoms with Crippen LogP contribution >= 0.6 is 0 Å². The summed E-state index contributed by atoms with van der Waals surface area (Å²) in [7, 11) is 0. The maximum absolute atomic E-state index is 12.3. The van der Waals surface area contributed by atoms with E-state index >= 15 is 0 Å². The number of hydrogen-bond acceptors (Lipinski definition) is 5. The van der Waals surface area contributed by atoms with Crippen molar-refractivity contribution in [2.24, 2.45) is 5.92 Å². The van der Waals surface area contributed by atoms with E-state index in [9.17, 15) is 24.3 Å². The number of nitrogens with one attached hydrogen (secondary N) is 1. The number of carbonyl (C=O) groups is 4. The molecule has 8 heteroatoms. The van der Waals surface area contributed by atoms with Gasteiger partial charge in [0, 0.05) is 45.4 Å². The van der Waals surface area contributed by atoms with Crippen molar-refractivity contribution in [3.05, 3.63) is 0 Å². The first-order chi connectivity index (χ1) is 18.4. The average molecular weight is 542 g/mol. The molecule has 8 nitrogen and oxygen atoms in total. The van der Waals surface area contributed by atoms with Crippen molar-refractivity contribution < 1.29 is 34.1 Å². The second kappa shape index (κ2) is 26.6. The molecule has 0 aromatic heterocycles. The van der Waals surface area contributed by atoms with Crippen LogP contribution in [0, 0.1) is 5.92 Å². The van der Waals surface area contributed by atoms with Crippen molar-refractivity contribution in [2.45, 2.75) is 142 Å². The molecule has 0 unspecified atom stereocenters. The number of ketones is 1. The highest BCUT2D eigenvalue weighted by Gasteiger charge is 2.22. The quantitative estimate of drug-likeness (QED) is 0.0900. The first kappa shape index (κ1) is 36.0. The summed E-state index contributed by atoms with van der Waals surface area (Å²) in [6, 6.07) is 0. The fraction of sp³-hybridized carbons (Fsp3) is 0.867. The molecule has 0 aliphatic rings. The third-order valence-electron chi connectivity index (χ3n) is 6.78. The van der Waals surface area contributed by atoms with Gasteiger partial charge in [-0.05, 0) is 32.1 Å². The molecular formula is C30H55NO7. The first-order valence-corrected chi connectivity index (χ1v) is 15.2. The van der Waals surface area contributed by atoms with E-state index in [0.29, 0.717) is 32.6 Å². The summed E-state index contributed by atoms with van der Waals surface area (Å²) < 4.78 is 5.36. The van der Waals surface area contributed by atoms with Crippen molar-refractivity contribution in [3.63, 3.8) is 0 Å². The minimum atomic E-state index is -1.00. The van der Waals surface area contributed by atoms with Gasteiger partial charge >= 0.3 is 11.9 Å². The van der Waals surface area contributed by atoms with E-state index in [1.807, 2.05) is 6.92 Å². The van der Waals surface area contributed by atoms with Gasteiger partial charge in [-0.15, -0.1) is 0 Å². The topological polar surface area (TPSA) is 130 Å². The fourth-order valence-electron chi connectivity index (χ4n) is 4.45. The molecule has 0 rings (SSSR count). The Bertz CT molecular complexity index is 624. The molecule has 1 amide bonds. The van der Waals surface area contributed by atoms with Gasteiger partial charge in [0.15, 0.2) is 0 Å². The van der Waals surface area contributed by atoms with Crippen LogP contribution in [0.25, 0.3) is 0 Å². The van der Waals surface area contributed by atoms with Gasteiger partial charge in [-0.3, -0.25) is 19.2 Å². The van der Waals surface area contributed by atoms with Crippen LogP contribution < -0.4 is 5.32 Å². The van der Waals surface area contributed by atoms with Gasteiger partial charge < -0.3 is 20.3 Å². The fourth-order valence-corrected chi connectivity index (χ4v) is 4.45. The maximum Gasteiger partial charge on any atom is 0.306 e. The number of Topliss-reactive ketones (excluding diaryl/α,β-unsaturated/α-hetero) is 1. The molecule has 0 aliphatic heterocycles. The van der Waals surface area contributed by atoms with Crippen LogP contribution in [0.2, 0.25) is 0 Å². The number of unbranched alkanes of at least 4 members (excludes halogenated alkanes) is 13. The largest absolute Gasteiger partial charge is 0.481 e. The van der Waals surface area contributed by atoms with Crippen molar-refractivity contribution in [1.82, 2.24) is 5.32 Å². The number of rotatable bonds is 29. The molecule has 0 aromatic carbocycles. The Morgan fingerprint density at radius 2 is 1.16 bits per heavy atom. The van der Waals surface area contributed by atoms with Gasteiger partial charge in [0.1, 0.15) is 5.78 Å². The van der Waals surface area contributed by atoms with Crippen LogP contribution in [0.3, 0.4) is 0 Å². The molecule has 222 valence electrons. The normalized spacial score (nSPS) is 11.8. The zero-order valence-corrected chi connectivity index (χ0v) is 24.0. The number of carbonyl (C=O) groups excluding carboxylic acids is 2. The smallest absolute Gasteiger partial charge is 0.306 e. The van der Waals surface area contributed by atoms with E-state index in [0.717, 1.165) is 51.4 Å². The number of amides is 1. The second-order valence-corrected chi connectivity index (χ2v) is 10.5. The number of carboxylic acid groups (broad SMARTS) is 2. The molecule has 3 N–H and O–H groups in total. The standard InChI is InChI=1S/C30H55NO7/c1-2-23-38-24-17-22-31-28(33)21-20-26(30(36)37)25-27(32)18-15-13-11-9-7-5-3-4-6-8-10-12-14-16-19-29(34)35/h26H,2-25H2,1H3,(H,31,33)(H,34,35)(H,36,37)/t26-/m1/s1. The van der Waals surface area contributed by atoms with Gasteiger partial charge in [-0.25, -0.2) is 0 Å². The van der Waals surface area contributed by atoms with E-state index in [4.69, 9.17) is 9.84 Å². The molecule has 0 aromatic rings. The van der Waals surface area contributed by atoms with Gasteiger partial charge in [0.05, 0.1) is 5.92 Å². The third kappa shape index (κ3) is 25.7. The molecule has 0 spiro atoms. The van der Waals surface area contributed by atoms with Crippen molar-refractivity contribution >= 4 is 23.6 Å². The summed E-state index contributed by atoms with van der Waals surface area (Å²) in [4.78, 5) is 46.2. The lowest BCUT2D eigenvalue weighted by Gasteiger charge is -2.12. The molecule has 0 heterocycles.